The summed E-state index contributed by atoms with van der Waals surface area (Å²) >= 11 is 0. The lowest BCUT2D eigenvalue weighted by Crippen LogP contribution is -2.18. The molecule has 2 rings (SSSR count). The summed E-state index contributed by atoms with van der Waals surface area (Å²) in [5.74, 6) is 0.946. The van der Waals surface area contributed by atoms with E-state index in [1.54, 1.807) is 0 Å². The molecular formula is C17H27NO3. The van der Waals surface area contributed by atoms with Gasteiger partial charge in [-0.15, -0.1) is 0 Å². The van der Waals surface area contributed by atoms with Crippen molar-refractivity contribution in [1.29, 1.82) is 0 Å². The van der Waals surface area contributed by atoms with Crippen LogP contribution in [0.4, 0.5) is 0 Å². The van der Waals surface area contributed by atoms with Crippen LogP contribution in [0, 0.1) is 0 Å². The number of ether oxygens (including phenoxy) is 3. The lowest BCUT2D eigenvalue weighted by molar-refractivity contribution is 0.00845. The summed E-state index contributed by atoms with van der Waals surface area (Å²) < 4.78 is 17.0. The van der Waals surface area contributed by atoms with Crippen molar-refractivity contribution in [1.82, 2.24) is 5.32 Å². The van der Waals surface area contributed by atoms with E-state index in [0.29, 0.717) is 19.8 Å². The van der Waals surface area contributed by atoms with Gasteiger partial charge in [-0.3, -0.25) is 0 Å². The van der Waals surface area contributed by atoms with Gasteiger partial charge in [0, 0.05) is 18.7 Å². The van der Waals surface area contributed by atoms with Gasteiger partial charge in [0.1, 0.15) is 12.4 Å². The van der Waals surface area contributed by atoms with Crippen LogP contribution in [0.1, 0.15) is 31.7 Å². The maximum absolute atomic E-state index is 5.83. The molecule has 0 saturated carbocycles. The van der Waals surface area contributed by atoms with Gasteiger partial charge in [-0.25, -0.2) is 0 Å². The van der Waals surface area contributed by atoms with E-state index < -0.39 is 0 Å². The van der Waals surface area contributed by atoms with Crippen molar-refractivity contribution in [2.24, 2.45) is 0 Å². The summed E-state index contributed by atoms with van der Waals surface area (Å²) in [4.78, 5) is 0. The lowest BCUT2D eigenvalue weighted by atomic mass is 10.2. The quantitative estimate of drug-likeness (QED) is 0.673. The maximum atomic E-state index is 5.83. The monoisotopic (exact) mass is 293 g/mol. The van der Waals surface area contributed by atoms with Gasteiger partial charge in [0.2, 0.25) is 0 Å². The Morgan fingerprint density at radius 2 is 2.19 bits per heavy atom. The Kier molecular flexibility index (Phi) is 7.57. The Morgan fingerprint density at radius 1 is 1.29 bits per heavy atom. The molecule has 1 fully saturated rings. The third-order valence-electron chi connectivity index (χ3n) is 3.53. The molecule has 118 valence electrons. The van der Waals surface area contributed by atoms with E-state index in [4.69, 9.17) is 14.2 Å². The molecular weight excluding hydrogens is 266 g/mol. The van der Waals surface area contributed by atoms with Gasteiger partial charge in [0.25, 0.3) is 0 Å². The summed E-state index contributed by atoms with van der Waals surface area (Å²) in [7, 11) is 0. The van der Waals surface area contributed by atoms with Crippen molar-refractivity contribution < 1.29 is 14.2 Å². The zero-order valence-electron chi connectivity index (χ0n) is 13.0. The average Bonchev–Trinajstić information content (AvgIpc) is 3.02. The molecule has 1 saturated heterocycles. The standard InChI is InChI=1S/C17H27NO3/c1-2-9-18-13-15-6-3-4-8-17(15)21-12-11-19-14-16-7-5-10-20-16/h3-4,6,8,16,18H,2,5,7,9-14H2,1H3. The minimum absolute atomic E-state index is 0.288. The molecule has 1 aliphatic rings. The predicted molar refractivity (Wildman–Crippen MR) is 83.7 cm³/mol. The molecule has 1 aliphatic heterocycles. The van der Waals surface area contributed by atoms with E-state index in [1.165, 1.54) is 5.56 Å². The third kappa shape index (κ3) is 6.04. The highest BCUT2D eigenvalue weighted by Gasteiger charge is 2.15. The number of nitrogens with one attached hydrogen (secondary N) is 1. The zero-order valence-corrected chi connectivity index (χ0v) is 13.0. The van der Waals surface area contributed by atoms with E-state index >= 15 is 0 Å². The van der Waals surface area contributed by atoms with Crippen molar-refractivity contribution in [2.75, 3.05) is 33.0 Å². The fourth-order valence-electron chi connectivity index (χ4n) is 2.39. The van der Waals surface area contributed by atoms with Crippen LogP contribution < -0.4 is 10.1 Å². The van der Waals surface area contributed by atoms with Gasteiger partial charge in [0.05, 0.1) is 19.3 Å². The molecule has 0 radical (unpaired) electrons. The maximum Gasteiger partial charge on any atom is 0.123 e. The van der Waals surface area contributed by atoms with Gasteiger partial charge in [-0.2, -0.15) is 0 Å². The smallest absolute Gasteiger partial charge is 0.123 e. The largest absolute Gasteiger partial charge is 0.491 e. The molecule has 4 nitrogen and oxygen atoms in total. The molecule has 0 bridgehead atoms. The van der Waals surface area contributed by atoms with Crippen molar-refractivity contribution >= 4 is 0 Å². The predicted octanol–water partition coefficient (Wildman–Crippen LogP) is 2.76. The first-order chi connectivity index (χ1) is 10.4. The molecule has 0 spiro atoms. The van der Waals surface area contributed by atoms with Crippen LogP contribution in [-0.2, 0) is 16.0 Å². The molecule has 4 heteroatoms. The Morgan fingerprint density at radius 3 is 3.00 bits per heavy atom. The molecule has 1 N–H and O–H groups in total. The second-order valence-corrected chi connectivity index (χ2v) is 5.34. The van der Waals surface area contributed by atoms with E-state index in [1.807, 2.05) is 18.2 Å². The molecule has 0 amide bonds. The Labute approximate surface area is 127 Å². The summed E-state index contributed by atoms with van der Waals surface area (Å²) in [6.45, 7) is 6.79. The SMILES string of the molecule is CCCNCc1ccccc1OCCOCC1CCCO1. The van der Waals surface area contributed by atoms with Gasteiger partial charge >= 0.3 is 0 Å². The number of hydrogen-bond donors (Lipinski definition) is 1. The fourth-order valence-corrected chi connectivity index (χ4v) is 2.39. The minimum atomic E-state index is 0.288. The van der Waals surface area contributed by atoms with Crippen LogP contribution in [0.15, 0.2) is 24.3 Å². The second-order valence-electron chi connectivity index (χ2n) is 5.34. The topological polar surface area (TPSA) is 39.7 Å². The van der Waals surface area contributed by atoms with Crippen LogP contribution in [0.5, 0.6) is 5.75 Å². The first-order valence-electron chi connectivity index (χ1n) is 8.01. The summed E-state index contributed by atoms with van der Waals surface area (Å²) in [6, 6.07) is 8.17. The highest BCUT2D eigenvalue weighted by molar-refractivity contribution is 5.33. The number of para-hydroxylation sites is 1. The van der Waals surface area contributed by atoms with Crippen LogP contribution in [0.25, 0.3) is 0 Å². The molecule has 0 aliphatic carbocycles. The molecule has 0 aromatic heterocycles. The number of rotatable bonds is 10. The van der Waals surface area contributed by atoms with Gasteiger partial charge < -0.3 is 19.5 Å². The van der Waals surface area contributed by atoms with Gasteiger partial charge in [-0.05, 0) is 31.9 Å². The van der Waals surface area contributed by atoms with E-state index in [0.717, 1.165) is 44.7 Å². The number of benzene rings is 1. The van der Waals surface area contributed by atoms with Crippen molar-refractivity contribution in [3.63, 3.8) is 0 Å². The molecule has 1 atom stereocenters. The van der Waals surface area contributed by atoms with Gasteiger partial charge in [-0.1, -0.05) is 25.1 Å². The first kappa shape index (κ1) is 16.3. The normalized spacial score (nSPS) is 18.0. The summed E-state index contributed by atoms with van der Waals surface area (Å²) in [5, 5.41) is 3.40. The highest BCUT2D eigenvalue weighted by atomic mass is 16.5. The van der Waals surface area contributed by atoms with Gasteiger partial charge in [0.15, 0.2) is 0 Å². The third-order valence-corrected chi connectivity index (χ3v) is 3.53. The lowest BCUT2D eigenvalue weighted by Gasteiger charge is -2.13. The molecule has 1 unspecified atom stereocenters. The molecule has 1 aromatic rings. The Bertz CT molecular complexity index is 391. The van der Waals surface area contributed by atoms with Crippen LogP contribution in [0.3, 0.4) is 0 Å². The van der Waals surface area contributed by atoms with E-state index in [-0.39, 0.29) is 6.10 Å². The van der Waals surface area contributed by atoms with Crippen molar-refractivity contribution in [2.45, 2.75) is 38.8 Å². The molecule has 1 aromatic carbocycles. The molecule has 21 heavy (non-hydrogen) atoms. The van der Waals surface area contributed by atoms with E-state index in [2.05, 4.69) is 18.3 Å². The zero-order chi connectivity index (χ0) is 14.8. The van der Waals surface area contributed by atoms with Crippen molar-refractivity contribution in [3.05, 3.63) is 29.8 Å². The second kappa shape index (κ2) is 9.77. The highest BCUT2D eigenvalue weighted by Crippen LogP contribution is 2.17. The van der Waals surface area contributed by atoms with Crippen LogP contribution in [0.2, 0.25) is 0 Å². The summed E-state index contributed by atoms with van der Waals surface area (Å²) in [5.41, 5.74) is 1.20. The fraction of sp³-hybridized carbons (Fsp3) is 0.647. The summed E-state index contributed by atoms with van der Waals surface area (Å²) in [6.07, 6.45) is 3.70. The van der Waals surface area contributed by atoms with Crippen LogP contribution >= 0.6 is 0 Å². The van der Waals surface area contributed by atoms with Crippen LogP contribution in [-0.4, -0.2) is 39.1 Å². The van der Waals surface area contributed by atoms with E-state index in [9.17, 15) is 0 Å². The average molecular weight is 293 g/mol. The number of hydrogen-bond acceptors (Lipinski definition) is 4. The molecule has 1 heterocycles. The Hall–Kier alpha value is -1.10. The Balaban J connectivity index is 1.64. The minimum Gasteiger partial charge on any atom is -0.491 e. The van der Waals surface area contributed by atoms with Crippen molar-refractivity contribution in [3.8, 4) is 5.75 Å². The first-order valence-corrected chi connectivity index (χ1v) is 8.01.